The lowest BCUT2D eigenvalue weighted by atomic mass is 9.86. The van der Waals surface area contributed by atoms with Crippen LogP contribution in [0.1, 0.15) is 37.2 Å². The zero-order valence-corrected chi connectivity index (χ0v) is 8.70. The molecule has 1 aromatic rings. The van der Waals surface area contributed by atoms with E-state index >= 15 is 0 Å². The SMILES string of the molecule is O=C1Nc2ccccc2[C@@H]1C1CCCC1. The summed E-state index contributed by atoms with van der Waals surface area (Å²) in [7, 11) is 0. The van der Waals surface area contributed by atoms with Crippen LogP contribution < -0.4 is 5.32 Å². The Morgan fingerprint density at radius 3 is 2.67 bits per heavy atom. The van der Waals surface area contributed by atoms with E-state index in [-0.39, 0.29) is 11.8 Å². The van der Waals surface area contributed by atoms with Crippen LogP contribution in [0.25, 0.3) is 0 Å². The minimum atomic E-state index is 0.128. The van der Waals surface area contributed by atoms with E-state index in [1.54, 1.807) is 0 Å². The first kappa shape index (κ1) is 8.96. The lowest BCUT2D eigenvalue weighted by Crippen LogP contribution is -2.18. The monoisotopic (exact) mass is 201 g/mol. The van der Waals surface area contributed by atoms with Gasteiger partial charge in [0, 0.05) is 5.69 Å². The normalized spacial score (nSPS) is 25.3. The highest BCUT2D eigenvalue weighted by atomic mass is 16.2. The Hall–Kier alpha value is -1.31. The summed E-state index contributed by atoms with van der Waals surface area (Å²) in [6.45, 7) is 0. The quantitative estimate of drug-likeness (QED) is 0.743. The maximum atomic E-state index is 11.9. The number of carbonyl (C=O) groups is 1. The van der Waals surface area contributed by atoms with Gasteiger partial charge in [-0.05, 0) is 30.4 Å². The molecule has 0 saturated heterocycles. The van der Waals surface area contributed by atoms with Crippen LogP contribution in [0.2, 0.25) is 0 Å². The first-order valence-electron chi connectivity index (χ1n) is 5.76. The van der Waals surface area contributed by atoms with Crippen molar-refractivity contribution >= 4 is 11.6 Å². The van der Waals surface area contributed by atoms with Crippen molar-refractivity contribution in [1.29, 1.82) is 0 Å². The van der Waals surface area contributed by atoms with E-state index in [0.717, 1.165) is 5.69 Å². The van der Waals surface area contributed by atoms with Crippen LogP contribution in [0.5, 0.6) is 0 Å². The zero-order chi connectivity index (χ0) is 10.3. The van der Waals surface area contributed by atoms with E-state index in [4.69, 9.17) is 0 Å². The minimum Gasteiger partial charge on any atom is -0.325 e. The molecule has 0 unspecified atom stereocenters. The molecule has 0 radical (unpaired) electrons. The first-order valence-corrected chi connectivity index (χ1v) is 5.76. The fourth-order valence-electron chi connectivity index (χ4n) is 2.99. The minimum absolute atomic E-state index is 0.128. The molecule has 2 nitrogen and oxygen atoms in total. The Morgan fingerprint density at radius 1 is 1.13 bits per heavy atom. The predicted octanol–water partition coefficient (Wildman–Crippen LogP) is 2.91. The fraction of sp³-hybridized carbons (Fsp3) is 0.462. The third-order valence-corrected chi connectivity index (χ3v) is 3.71. The van der Waals surface area contributed by atoms with Gasteiger partial charge in [0.1, 0.15) is 0 Å². The standard InChI is InChI=1S/C13H15NO/c15-13-12(9-5-1-2-6-9)10-7-3-4-8-11(10)14-13/h3-4,7-9,12H,1-2,5-6H2,(H,14,15)/t12-/m0/s1. The number of amides is 1. The molecule has 1 atom stereocenters. The number of anilines is 1. The van der Waals surface area contributed by atoms with Crippen LogP contribution in [-0.4, -0.2) is 5.91 Å². The van der Waals surface area contributed by atoms with E-state index < -0.39 is 0 Å². The molecule has 1 amide bonds. The van der Waals surface area contributed by atoms with Gasteiger partial charge >= 0.3 is 0 Å². The van der Waals surface area contributed by atoms with E-state index in [1.807, 2.05) is 18.2 Å². The Balaban J connectivity index is 1.98. The summed E-state index contributed by atoms with van der Waals surface area (Å²) in [4.78, 5) is 11.9. The third kappa shape index (κ3) is 1.36. The van der Waals surface area contributed by atoms with Crippen LogP contribution in [0.4, 0.5) is 5.69 Å². The molecular formula is C13H15NO. The second-order valence-corrected chi connectivity index (χ2v) is 4.60. The Kier molecular flexibility index (Phi) is 2.01. The summed E-state index contributed by atoms with van der Waals surface area (Å²) in [5.74, 6) is 0.917. The number of nitrogens with one attached hydrogen (secondary N) is 1. The lowest BCUT2D eigenvalue weighted by molar-refractivity contribution is -0.118. The number of rotatable bonds is 1. The Labute approximate surface area is 89.7 Å². The zero-order valence-electron chi connectivity index (χ0n) is 8.70. The number of benzene rings is 1. The van der Waals surface area contributed by atoms with E-state index in [1.165, 1.54) is 31.2 Å². The summed E-state index contributed by atoms with van der Waals surface area (Å²) in [5, 5.41) is 2.99. The molecule has 2 aliphatic rings. The van der Waals surface area contributed by atoms with Crippen LogP contribution >= 0.6 is 0 Å². The average Bonchev–Trinajstić information content (AvgIpc) is 2.82. The van der Waals surface area contributed by atoms with Gasteiger partial charge in [-0.1, -0.05) is 31.0 Å². The van der Waals surface area contributed by atoms with Gasteiger partial charge in [-0.3, -0.25) is 4.79 Å². The highest BCUT2D eigenvalue weighted by Crippen LogP contribution is 2.43. The molecule has 1 saturated carbocycles. The first-order chi connectivity index (χ1) is 7.36. The average molecular weight is 201 g/mol. The summed E-state index contributed by atoms with van der Waals surface area (Å²) < 4.78 is 0. The summed E-state index contributed by atoms with van der Waals surface area (Å²) in [5.41, 5.74) is 2.24. The van der Waals surface area contributed by atoms with Crippen molar-refractivity contribution in [1.82, 2.24) is 0 Å². The van der Waals surface area contributed by atoms with Crippen LogP contribution in [0.3, 0.4) is 0 Å². The summed E-state index contributed by atoms with van der Waals surface area (Å²) in [6, 6.07) is 8.11. The van der Waals surface area contributed by atoms with E-state index in [9.17, 15) is 4.79 Å². The molecule has 1 aliphatic carbocycles. The number of carbonyl (C=O) groups excluding carboxylic acids is 1. The molecule has 1 N–H and O–H groups in total. The van der Waals surface area contributed by atoms with Gasteiger partial charge in [-0.2, -0.15) is 0 Å². The fourth-order valence-corrected chi connectivity index (χ4v) is 2.99. The molecule has 1 fully saturated rings. The van der Waals surface area contributed by atoms with Crippen LogP contribution in [0.15, 0.2) is 24.3 Å². The molecule has 0 bridgehead atoms. The van der Waals surface area contributed by atoms with Gasteiger partial charge in [-0.15, -0.1) is 0 Å². The van der Waals surface area contributed by atoms with Crippen molar-refractivity contribution < 1.29 is 4.79 Å². The largest absolute Gasteiger partial charge is 0.325 e. The van der Waals surface area contributed by atoms with Gasteiger partial charge in [0.2, 0.25) is 5.91 Å². The van der Waals surface area contributed by atoms with Crippen molar-refractivity contribution in [3.8, 4) is 0 Å². The summed E-state index contributed by atoms with van der Waals surface area (Å²) >= 11 is 0. The molecule has 0 spiro atoms. The third-order valence-electron chi connectivity index (χ3n) is 3.71. The maximum absolute atomic E-state index is 11.9. The Morgan fingerprint density at radius 2 is 1.87 bits per heavy atom. The van der Waals surface area contributed by atoms with Crippen molar-refractivity contribution in [3.63, 3.8) is 0 Å². The summed E-state index contributed by atoms with van der Waals surface area (Å²) in [6.07, 6.45) is 5.01. The van der Waals surface area contributed by atoms with Crippen LogP contribution in [-0.2, 0) is 4.79 Å². The predicted molar refractivity (Wildman–Crippen MR) is 59.8 cm³/mol. The number of para-hydroxylation sites is 1. The van der Waals surface area contributed by atoms with Crippen molar-refractivity contribution in [2.24, 2.45) is 5.92 Å². The van der Waals surface area contributed by atoms with Gasteiger partial charge in [0.15, 0.2) is 0 Å². The molecule has 15 heavy (non-hydrogen) atoms. The van der Waals surface area contributed by atoms with Crippen LogP contribution in [0, 0.1) is 5.92 Å². The second kappa shape index (κ2) is 3.37. The lowest BCUT2D eigenvalue weighted by Gasteiger charge is -2.15. The van der Waals surface area contributed by atoms with E-state index in [2.05, 4.69) is 11.4 Å². The molecule has 0 aromatic heterocycles. The van der Waals surface area contributed by atoms with Crippen molar-refractivity contribution in [2.45, 2.75) is 31.6 Å². The number of hydrogen-bond acceptors (Lipinski definition) is 1. The highest BCUT2D eigenvalue weighted by Gasteiger charge is 2.37. The molecule has 1 heterocycles. The molecule has 3 rings (SSSR count). The topological polar surface area (TPSA) is 29.1 Å². The Bertz CT molecular complexity index is 393. The van der Waals surface area contributed by atoms with Gasteiger partial charge in [-0.25, -0.2) is 0 Å². The van der Waals surface area contributed by atoms with Gasteiger partial charge in [0.05, 0.1) is 5.92 Å². The molecule has 1 aromatic carbocycles. The van der Waals surface area contributed by atoms with Gasteiger partial charge in [0.25, 0.3) is 0 Å². The highest BCUT2D eigenvalue weighted by molar-refractivity contribution is 6.03. The van der Waals surface area contributed by atoms with Gasteiger partial charge < -0.3 is 5.32 Å². The molecule has 78 valence electrons. The smallest absolute Gasteiger partial charge is 0.232 e. The maximum Gasteiger partial charge on any atom is 0.232 e. The second-order valence-electron chi connectivity index (χ2n) is 4.60. The molecule has 1 aliphatic heterocycles. The molecular weight excluding hydrogens is 186 g/mol. The van der Waals surface area contributed by atoms with Crippen molar-refractivity contribution in [3.05, 3.63) is 29.8 Å². The van der Waals surface area contributed by atoms with E-state index in [0.29, 0.717) is 5.92 Å². The molecule has 2 heteroatoms. The number of fused-ring (bicyclic) bond motifs is 1. The van der Waals surface area contributed by atoms with Crippen molar-refractivity contribution in [2.75, 3.05) is 5.32 Å². The number of hydrogen-bond donors (Lipinski definition) is 1.